The monoisotopic (exact) mass is 180 g/mol. The molecule has 0 aromatic heterocycles. The predicted octanol–water partition coefficient (Wildman–Crippen LogP) is 0.747. The first-order valence-electron chi connectivity index (χ1n) is 4.87. The van der Waals surface area contributed by atoms with Crippen LogP contribution in [-0.4, -0.2) is 35.2 Å². The highest BCUT2D eigenvalue weighted by Gasteiger charge is 2.47. The molecule has 1 saturated carbocycles. The second kappa shape index (κ2) is 2.70. The fraction of sp³-hybridized carbons (Fsp3) is 0.900. The lowest BCUT2D eigenvalue weighted by Crippen LogP contribution is -2.60. The molecule has 2 aliphatic rings. The van der Waals surface area contributed by atoms with E-state index in [1.807, 2.05) is 6.92 Å². The van der Waals surface area contributed by atoms with E-state index in [0.29, 0.717) is 11.8 Å². The van der Waals surface area contributed by atoms with Crippen LogP contribution in [0.15, 0.2) is 0 Å². The molecular formula is C10H16N2O. The number of nitriles is 1. The summed E-state index contributed by atoms with van der Waals surface area (Å²) in [5.74, 6) is 0. The number of likely N-dealkylation sites (tertiary alicyclic amines) is 1. The molecule has 1 aliphatic carbocycles. The van der Waals surface area contributed by atoms with Gasteiger partial charge in [-0.25, -0.2) is 0 Å². The molecule has 0 amide bonds. The van der Waals surface area contributed by atoms with Crippen LogP contribution in [0.3, 0.4) is 0 Å². The van der Waals surface area contributed by atoms with Crippen molar-refractivity contribution < 1.29 is 5.11 Å². The molecule has 1 aliphatic heterocycles. The molecule has 1 saturated heterocycles. The van der Waals surface area contributed by atoms with Crippen LogP contribution >= 0.6 is 0 Å². The summed E-state index contributed by atoms with van der Waals surface area (Å²) in [5, 5.41) is 18.2. The van der Waals surface area contributed by atoms with Crippen LogP contribution in [0.25, 0.3) is 0 Å². The van der Waals surface area contributed by atoms with Crippen molar-refractivity contribution in [2.24, 2.45) is 5.41 Å². The van der Waals surface area contributed by atoms with Crippen LogP contribution in [0.4, 0.5) is 0 Å². The van der Waals surface area contributed by atoms with Gasteiger partial charge in [0, 0.05) is 26.1 Å². The minimum Gasteiger partial charge on any atom is -0.388 e. The summed E-state index contributed by atoms with van der Waals surface area (Å²) >= 11 is 0. The van der Waals surface area contributed by atoms with Gasteiger partial charge in [0.25, 0.3) is 0 Å². The molecule has 1 heterocycles. The molecule has 0 unspecified atom stereocenters. The maximum Gasteiger partial charge on any atom is 0.0872 e. The average Bonchev–Trinajstić information content (AvgIpc) is 2.66. The molecule has 0 spiro atoms. The van der Waals surface area contributed by atoms with E-state index >= 15 is 0 Å². The summed E-state index contributed by atoms with van der Waals surface area (Å²) in [6.45, 7) is 4.43. The Labute approximate surface area is 79.0 Å². The van der Waals surface area contributed by atoms with Gasteiger partial charge >= 0.3 is 0 Å². The van der Waals surface area contributed by atoms with Gasteiger partial charge in [0.1, 0.15) is 0 Å². The van der Waals surface area contributed by atoms with Crippen molar-refractivity contribution in [3.05, 3.63) is 0 Å². The second-order valence-corrected chi connectivity index (χ2v) is 4.98. The lowest BCUT2D eigenvalue weighted by Gasteiger charge is -2.45. The van der Waals surface area contributed by atoms with Gasteiger partial charge in [0.05, 0.1) is 11.7 Å². The van der Waals surface area contributed by atoms with Crippen LogP contribution in [-0.2, 0) is 0 Å². The average molecular weight is 180 g/mol. The quantitative estimate of drug-likeness (QED) is 0.697. The lowest BCUT2D eigenvalue weighted by molar-refractivity contribution is -0.0898. The summed E-state index contributed by atoms with van der Waals surface area (Å²) in [7, 11) is 0. The van der Waals surface area contributed by atoms with E-state index in [4.69, 9.17) is 5.26 Å². The maximum absolute atomic E-state index is 9.52. The largest absolute Gasteiger partial charge is 0.388 e. The first-order chi connectivity index (χ1) is 6.05. The molecule has 0 radical (unpaired) electrons. The third kappa shape index (κ3) is 1.84. The number of β-amino-alcohol motifs (C(OH)–C–C–N with tert-alkyl or cyclic N) is 1. The molecule has 1 N–H and O–H groups in total. The standard InChI is InChI=1S/C10H16N2O/c1-9(13)6-12(7-9)8-10(2-3-10)4-5-11/h13H,2-4,6-8H2,1H3. The van der Waals surface area contributed by atoms with E-state index in [1.165, 1.54) is 12.8 Å². The Morgan fingerprint density at radius 1 is 1.46 bits per heavy atom. The predicted molar refractivity (Wildman–Crippen MR) is 49.0 cm³/mol. The molecule has 72 valence electrons. The van der Waals surface area contributed by atoms with E-state index < -0.39 is 5.60 Å². The lowest BCUT2D eigenvalue weighted by atomic mass is 9.93. The summed E-state index contributed by atoms with van der Waals surface area (Å²) in [6.07, 6.45) is 3.07. The van der Waals surface area contributed by atoms with Crippen LogP contribution in [0.1, 0.15) is 26.2 Å². The van der Waals surface area contributed by atoms with Crippen molar-refractivity contribution in [3.8, 4) is 6.07 Å². The van der Waals surface area contributed by atoms with Crippen LogP contribution < -0.4 is 0 Å². The minimum atomic E-state index is -0.470. The Balaban J connectivity index is 1.78. The summed E-state index contributed by atoms with van der Waals surface area (Å²) in [6, 6.07) is 2.26. The summed E-state index contributed by atoms with van der Waals surface area (Å²) < 4.78 is 0. The zero-order chi connectivity index (χ0) is 9.53. The highest BCUT2D eigenvalue weighted by atomic mass is 16.3. The molecule has 3 nitrogen and oxygen atoms in total. The first-order valence-corrected chi connectivity index (χ1v) is 4.87. The van der Waals surface area contributed by atoms with Crippen molar-refractivity contribution in [2.75, 3.05) is 19.6 Å². The zero-order valence-electron chi connectivity index (χ0n) is 8.08. The Morgan fingerprint density at radius 2 is 2.08 bits per heavy atom. The van der Waals surface area contributed by atoms with Gasteiger partial charge in [0.15, 0.2) is 0 Å². The van der Waals surface area contributed by atoms with E-state index in [0.717, 1.165) is 19.6 Å². The Hall–Kier alpha value is -0.590. The van der Waals surface area contributed by atoms with E-state index in [1.54, 1.807) is 0 Å². The fourth-order valence-corrected chi connectivity index (χ4v) is 2.24. The normalized spacial score (nSPS) is 29.0. The van der Waals surface area contributed by atoms with E-state index in [-0.39, 0.29) is 0 Å². The van der Waals surface area contributed by atoms with Crippen molar-refractivity contribution in [3.63, 3.8) is 0 Å². The SMILES string of the molecule is CC1(O)CN(CC2(CC#N)CC2)C1. The number of hydrogen-bond acceptors (Lipinski definition) is 3. The summed E-state index contributed by atoms with van der Waals surface area (Å²) in [4.78, 5) is 2.25. The zero-order valence-corrected chi connectivity index (χ0v) is 8.08. The minimum absolute atomic E-state index is 0.297. The smallest absolute Gasteiger partial charge is 0.0872 e. The van der Waals surface area contributed by atoms with Crippen LogP contribution in [0.2, 0.25) is 0 Å². The maximum atomic E-state index is 9.52. The first kappa shape index (κ1) is 8.98. The molecule has 2 rings (SSSR count). The third-order valence-electron chi connectivity index (χ3n) is 3.10. The van der Waals surface area contributed by atoms with Gasteiger partial charge in [-0.2, -0.15) is 5.26 Å². The topological polar surface area (TPSA) is 47.3 Å². The number of hydrogen-bond donors (Lipinski definition) is 1. The van der Waals surface area contributed by atoms with Gasteiger partial charge in [-0.3, -0.25) is 4.90 Å². The number of aliphatic hydroxyl groups is 1. The van der Waals surface area contributed by atoms with Gasteiger partial charge in [-0.1, -0.05) is 0 Å². The molecule has 0 aromatic rings. The number of nitrogens with zero attached hydrogens (tertiary/aromatic N) is 2. The molecule has 0 aromatic carbocycles. The molecule has 0 atom stereocenters. The van der Waals surface area contributed by atoms with E-state index in [2.05, 4.69) is 11.0 Å². The number of rotatable bonds is 3. The van der Waals surface area contributed by atoms with Crippen LogP contribution in [0, 0.1) is 16.7 Å². The van der Waals surface area contributed by atoms with Gasteiger partial charge in [-0.05, 0) is 25.2 Å². The highest BCUT2D eigenvalue weighted by molar-refractivity contribution is 5.04. The van der Waals surface area contributed by atoms with Gasteiger partial charge in [0.2, 0.25) is 0 Å². The van der Waals surface area contributed by atoms with E-state index in [9.17, 15) is 5.11 Å². The third-order valence-corrected chi connectivity index (χ3v) is 3.10. The molecular weight excluding hydrogens is 164 g/mol. The highest BCUT2D eigenvalue weighted by Crippen LogP contribution is 2.49. The van der Waals surface area contributed by atoms with Crippen molar-refractivity contribution in [1.29, 1.82) is 5.26 Å². The Bertz CT molecular complexity index is 242. The Kier molecular flexibility index (Phi) is 1.86. The van der Waals surface area contributed by atoms with Gasteiger partial charge < -0.3 is 5.11 Å². The fourth-order valence-electron chi connectivity index (χ4n) is 2.24. The molecule has 3 heteroatoms. The molecule has 0 bridgehead atoms. The van der Waals surface area contributed by atoms with Crippen LogP contribution in [0.5, 0.6) is 0 Å². The second-order valence-electron chi connectivity index (χ2n) is 4.98. The summed E-state index contributed by atoms with van der Waals surface area (Å²) in [5.41, 5.74) is -0.173. The van der Waals surface area contributed by atoms with Crippen molar-refractivity contribution in [2.45, 2.75) is 31.8 Å². The molecule has 2 fully saturated rings. The van der Waals surface area contributed by atoms with Crippen molar-refractivity contribution in [1.82, 2.24) is 4.90 Å². The Morgan fingerprint density at radius 3 is 2.46 bits per heavy atom. The van der Waals surface area contributed by atoms with Crippen molar-refractivity contribution >= 4 is 0 Å². The molecule has 13 heavy (non-hydrogen) atoms. The van der Waals surface area contributed by atoms with Gasteiger partial charge in [-0.15, -0.1) is 0 Å².